The predicted molar refractivity (Wildman–Crippen MR) is 106 cm³/mol. The molecule has 1 aliphatic heterocycles. The molecule has 1 heterocycles. The van der Waals surface area contributed by atoms with E-state index >= 15 is 0 Å². The maximum absolute atomic E-state index is 12.1. The van der Waals surface area contributed by atoms with Crippen molar-refractivity contribution in [2.75, 3.05) is 25.1 Å². The van der Waals surface area contributed by atoms with Gasteiger partial charge in [0.15, 0.2) is 6.61 Å². The molecule has 0 aliphatic carbocycles. The molecule has 0 radical (unpaired) electrons. The topological polar surface area (TPSA) is 73.9 Å². The summed E-state index contributed by atoms with van der Waals surface area (Å²) >= 11 is 0. The molecule has 2 aromatic carbocycles. The van der Waals surface area contributed by atoms with E-state index in [4.69, 9.17) is 14.2 Å². The second-order valence-electron chi connectivity index (χ2n) is 6.84. The summed E-state index contributed by atoms with van der Waals surface area (Å²) in [5.41, 5.74) is 3.15. The van der Waals surface area contributed by atoms with E-state index in [1.807, 2.05) is 32.0 Å². The Hall–Kier alpha value is -2.86. The standard InChI is InChI=1S/C22H25NO5/c1-15-5-3-7-20(16(15)2)23-21(24)14-28-22(25)17-8-10-18(11-9-17)27-13-19-6-4-12-26-19/h3,5,7-11,19H,4,6,12-14H2,1-2H3,(H,23,24)/t19-/m0/s1. The van der Waals surface area contributed by atoms with Gasteiger partial charge in [-0.2, -0.15) is 0 Å². The van der Waals surface area contributed by atoms with Gasteiger partial charge in [0.1, 0.15) is 12.4 Å². The molecule has 2 aromatic rings. The number of anilines is 1. The molecule has 1 saturated heterocycles. The number of rotatable bonds is 7. The van der Waals surface area contributed by atoms with Crippen LogP contribution in [0.5, 0.6) is 5.75 Å². The molecule has 1 N–H and O–H groups in total. The Balaban J connectivity index is 1.46. The minimum Gasteiger partial charge on any atom is -0.491 e. The summed E-state index contributed by atoms with van der Waals surface area (Å²) in [4.78, 5) is 24.2. The van der Waals surface area contributed by atoms with Crippen molar-refractivity contribution in [3.63, 3.8) is 0 Å². The van der Waals surface area contributed by atoms with Gasteiger partial charge in [-0.25, -0.2) is 4.79 Å². The summed E-state index contributed by atoms with van der Waals surface area (Å²) in [5, 5.41) is 2.76. The van der Waals surface area contributed by atoms with E-state index in [0.29, 0.717) is 23.6 Å². The first-order valence-corrected chi connectivity index (χ1v) is 9.40. The second kappa shape index (κ2) is 9.37. The molecular formula is C22H25NO5. The van der Waals surface area contributed by atoms with Gasteiger partial charge >= 0.3 is 5.97 Å². The third-order valence-electron chi connectivity index (χ3n) is 4.76. The van der Waals surface area contributed by atoms with Gasteiger partial charge in [0.25, 0.3) is 5.91 Å². The van der Waals surface area contributed by atoms with Crippen LogP contribution in [0.25, 0.3) is 0 Å². The third-order valence-corrected chi connectivity index (χ3v) is 4.76. The largest absolute Gasteiger partial charge is 0.491 e. The van der Waals surface area contributed by atoms with Crippen LogP contribution in [0.2, 0.25) is 0 Å². The Morgan fingerprint density at radius 2 is 1.93 bits per heavy atom. The minimum absolute atomic E-state index is 0.139. The lowest BCUT2D eigenvalue weighted by Gasteiger charge is -2.12. The quantitative estimate of drug-likeness (QED) is 0.739. The van der Waals surface area contributed by atoms with Crippen LogP contribution in [0.15, 0.2) is 42.5 Å². The number of carbonyl (C=O) groups is 2. The number of amides is 1. The summed E-state index contributed by atoms with van der Waals surface area (Å²) in [7, 11) is 0. The number of aryl methyl sites for hydroxylation is 1. The van der Waals surface area contributed by atoms with Gasteiger partial charge in [0.05, 0.1) is 11.7 Å². The van der Waals surface area contributed by atoms with E-state index in [1.54, 1.807) is 24.3 Å². The maximum Gasteiger partial charge on any atom is 0.338 e. The Morgan fingerprint density at radius 3 is 2.64 bits per heavy atom. The highest BCUT2D eigenvalue weighted by Crippen LogP contribution is 2.18. The number of esters is 1. The lowest BCUT2D eigenvalue weighted by atomic mass is 10.1. The maximum atomic E-state index is 12.1. The van der Waals surface area contributed by atoms with Gasteiger partial charge in [0.2, 0.25) is 0 Å². The number of carbonyl (C=O) groups excluding carboxylic acids is 2. The minimum atomic E-state index is -0.554. The Bertz CT molecular complexity index is 825. The van der Waals surface area contributed by atoms with Crippen molar-refractivity contribution in [1.29, 1.82) is 0 Å². The van der Waals surface area contributed by atoms with Crippen LogP contribution in [-0.2, 0) is 14.3 Å². The van der Waals surface area contributed by atoms with Crippen LogP contribution >= 0.6 is 0 Å². The van der Waals surface area contributed by atoms with Crippen molar-refractivity contribution in [2.45, 2.75) is 32.8 Å². The van der Waals surface area contributed by atoms with Crippen LogP contribution < -0.4 is 10.1 Å². The molecule has 3 rings (SSSR count). The normalized spacial score (nSPS) is 15.9. The van der Waals surface area contributed by atoms with Gasteiger partial charge in [0, 0.05) is 12.3 Å². The predicted octanol–water partition coefficient (Wildman–Crippen LogP) is 3.66. The molecule has 0 saturated carbocycles. The van der Waals surface area contributed by atoms with Crippen LogP contribution in [0.1, 0.15) is 34.3 Å². The number of nitrogens with one attached hydrogen (secondary N) is 1. The van der Waals surface area contributed by atoms with Crippen molar-refractivity contribution < 1.29 is 23.8 Å². The van der Waals surface area contributed by atoms with E-state index < -0.39 is 5.97 Å². The SMILES string of the molecule is Cc1cccc(NC(=O)COC(=O)c2ccc(OC[C@@H]3CCCO3)cc2)c1C. The first-order valence-electron chi connectivity index (χ1n) is 9.40. The van der Waals surface area contributed by atoms with E-state index in [0.717, 1.165) is 30.6 Å². The van der Waals surface area contributed by atoms with Crippen molar-refractivity contribution in [3.8, 4) is 5.75 Å². The monoisotopic (exact) mass is 383 g/mol. The Kier molecular flexibility index (Phi) is 6.66. The number of hydrogen-bond acceptors (Lipinski definition) is 5. The zero-order valence-corrected chi connectivity index (χ0v) is 16.2. The summed E-state index contributed by atoms with van der Waals surface area (Å²) in [6, 6.07) is 12.3. The molecule has 0 aromatic heterocycles. The molecule has 1 amide bonds. The molecule has 0 unspecified atom stereocenters. The Morgan fingerprint density at radius 1 is 1.14 bits per heavy atom. The van der Waals surface area contributed by atoms with Crippen molar-refractivity contribution in [2.24, 2.45) is 0 Å². The first-order chi connectivity index (χ1) is 13.5. The van der Waals surface area contributed by atoms with Gasteiger partial charge in [-0.1, -0.05) is 12.1 Å². The van der Waals surface area contributed by atoms with E-state index in [2.05, 4.69) is 5.32 Å². The second-order valence-corrected chi connectivity index (χ2v) is 6.84. The van der Waals surface area contributed by atoms with Crippen LogP contribution in [0.3, 0.4) is 0 Å². The van der Waals surface area contributed by atoms with E-state index in [1.165, 1.54) is 0 Å². The fourth-order valence-corrected chi connectivity index (χ4v) is 2.94. The van der Waals surface area contributed by atoms with Crippen molar-refractivity contribution >= 4 is 17.6 Å². The van der Waals surface area contributed by atoms with Gasteiger partial charge in [-0.05, 0) is 68.1 Å². The summed E-state index contributed by atoms with van der Waals surface area (Å²) in [5.74, 6) is -0.264. The molecular weight excluding hydrogens is 358 g/mol. The zero-order valence-electron chi connectivity index (χ0n) is 16.2. The third kappa shape index (κ3) is 5.33. The average molecular weight is 383 g/mol. The number of hydrogen-bond donors (Lipinski definition) is 1. The van der Waals surface area contributed by atoms with Crippen LogP contribution in [-0.4, -0.2) is 37.8 Å². The molecule has 1 fully saturated rings. The summed E-state index contributed by atoms with van der Waals surface area (Å²) in [6.45, 7) is 4.85. The van der Waals surface area contributed by atoms with Crippen molar-refractivity contribution in [3.05, 3.63) is 59.2 Å². The summed E-state index contributed by atoms with van der Waals surface area (Å²) in [6.07, 6.45) is 2.21. The number of ether oxygens (including phenoxy) is 3. The van der Waals surface area contributed by atoms with Crippen LogP contribution in [0, 0.1) is 13.8 Å². The van der Waals surface area contributed by atoms with E-state index in [-0.39, 0.29) is 18.6 Å². The zero-order chi connectivity index (χ0) is 19.9. The first kappa shape index (κ1) is 19.9. The smallest absolute Gasteiger partial charge is 0.338 e. The molecule has 0 spiro atoms. The lowest BCUT2D eigenvalue weighted by molar-refractivity contribution is -0.119. The van der Waals surface area contributed by atoms with Gasteiger partial charge < -0.3 is 19.5 Å². The van der Waals surface area contributed by atoms with Gasteiger partial charge in [-0.15, -0.1) is 0 Å². The van der Waals surface area contributed by atoms with Crippen molar-refractivity contribution in [1.82, 2.24) is 0 Å². The summed E-state index contributed by atoms with van der Waals surface area (Å²) < 4.78 is 16.3. The molecule has 28 heavy (non-hydrogen) atoms. The fraction of sp³-hybridized carbons (Fsp3) is 0.364. The highest BCUT2D eigenvalue weighted by atomic mass is 16.5. The highest BCUT2D eigenvalue weighted by Gasteiger charge is 2.16. The fourth-order valence-electron chi connectivity index (χ4n) is 2.94. The lowest BCUT2D eigenvalue weighted by Crippen LogP contribution is -2.21. The number of benzene rings is 2. The average Bonchev–Trinajstić information content (AvgIpc) is 3.22. The molecule has 6 nitrogen and oxygen atoms in total. The Labute approximate surface area is 164 Å². The molecule has 0 bridgehead atoms. The molecule has 1 aliphatic rings. The van der Waals surface area contributed by atoms with Gasteiger partial charge in [-0.3, -0.25) is 4.79 Å². The highest BCUT2D eigenvalue weighted by molar-refractivity contribution is 5.96. The molecule has 6 heteroatoms. The van der Waals surface area contributed by atoms with Crippen LogP contribution in [0.4, 0.5) is 5.69 Å². The van der Waals surface area contributed by atoms with E-state index in [9.17, 15) is 9.59 Å². The molecule has 1 atom stereocenters. The molecule has 148 valence electrons.